The molecule has 0 N–H and O–H groups in total. The summed E-state index contributed by atoms with van der Waals surface area (Å²) in [7, 11) is 1.61. The van der Waals surface area contributed by atoms with Crippen LogP contribution in [-0.2, 0) is 0 Å². The quantitative estimate of drug-likeness (QED) is 0.637. The predicted molar refractivity (Wildman–Crippen MR) is 53.1 cm³/mol. The highest BCUT2D eigenvalue weighted by Crippen LogP contribution is 2.38. The van der Waals surface area contributed by atoms with Crippen LogP contribution in [-0.4, -0.2) is 20.3 Å². The number of ether oxygens (including phenoxy) is 3. The molecular formula is C11H12O3. The van der Waals surface area contributed by atoms with Gasteiger partial charge in [0.25, 0.3) is 0 Å². The molecule has 0 unspecified atom stereocenters. The minimum atomic E-state index is 0.480. The maximum absolute atomic E-state index is 5.53. The molecule has 74 valence electrons. The summed E-state index contributed by atoms with van der Waals surface area (Å²) in [6, 6.07) is 5.57. The summed E-state index contributed by atoms with van der Waals surface area (Å²) in [6.07, 6.45) is 0. The molecule has 0 aromatic heterocycles. The molecule has 0 fully saturated rings. The van der Waals surface area contributed by atoms with Crippen molar-refractivity contribution in [3.05, 3.63) is 30.4 Å². The second-order valence-corrected chi connectivity index (χ2v) is 3.11. The highest BCUT2D eigenvalue weighted by molar-refractivity contribution is 5.51. The number of benzene rings is 1. The van der Waals surface area contributed by atoms with Crippen LogP contribution >= 0.6 is 0 Å². The fourth-order valence-electron chi connectivity index (χ4n) is 1.31. The molecule has 3 nitrogen and oxygen atoms in total. The lowest BCUT2D eigenvalue weighted by Gasteiger charge is -2.10. The Labute approximate surface area is 82.9 Å². The first-order valence-electron chi connectivity index (χ1n) is 4.40. The highest BCUT2D eigenvalue weighted by Gasteiger charge is 2.15. The molecule has 0 bridgehead atoms. The lowest BCUT2D eigenvalue weighted by molar-refractivity contribution is 0.320. The van der Waals surface area contributed by atoms with Gasteiger partial charge >= 0.3 is 0 Å². The van der Waals surface area contributed by atoms with Gasteiger partial charge in [0.15, 0.2) is 11.5 Å². The fraction of sp³-hybridized carbons (Fsp3) is 0.273. The van der Waals surface area contributed by atoms with Crippen LogP contribution in [0.15, 0.2) is 30.4 Å². The number of methoxy groups -OCH3 is 1. The average molecular weight is 192 g/mol. The topological polar surface area (TPSA) is 27.7 Å². The third kappa shape index (κ3) is 1.53. The highest BCUT2D eigenvalue weighted by atomic mass is 16.5. The Morgan fingerprint density at radius 3 is 2.86 bits per heavy atom. The summed E-state index contributed by atoms with van der Waals surface area (Å²) in [5.74, 6) is 2.06. The average Bonchev–Trinajstić information content (AvgIpc) is 2.41. The van der Waals surface area contributed by atoms with E-state index in [1.807, 2.05) is 18.2 Å². The lowest BCUT2D eigenvalue weighted by Crippen LogP contribution is -2.02. The third-order valence-corrected chi connectivity index (χ3v) is 2.02. The maximum Gasteiger partial charge on any atom is 0.203 e. The second kappa shape index (κ2) is 3.62. The Kier molecular flexibility index (Phi) is 2.31. The molecule has 0 spiro atoms. The van der Waals surface area contributed by atoms with Gasteiger partial charge in [-0.15, -0.1) is 0 Å². The Morgan fingerprint density at radius 2 is 2.07 bits per heavy atom. The van der Waals surface area contributed by atoms with Gasteiger partial charge in [0.2, 0.25) is 5.75 Å². The van der Waals surface area contributed by atoms with E-state index in [0.717, 1.165) is 5.57 Å². The van der Waals surface area contributed by atoms with Crippen LogP contribution in [0.1, 0.15) is 0 Å². The number of fused-ring (bicyclic) bond motifs is 1. The summed E-state index contributed by atoms with van der Waals surface area (Å²) in [5.41, 5.74) is 0.920. The van der Waals surface area contributed by atoms with Gasteiger partial charge in [-0.3, -0.25) is 0 Å². The van der Waals surface area contributed by atoms with Gasteiger partial charge < -0.3 is 14.2 Å². The van der Waals surface area contributed by atoms with Gasteiger partial charge in [0, 0.05) is 0 Å². The van der Waals surface area contributed by atoms with E-state index >= 15 is 0 Å². The molecule has 14 heavy (non-hydrogen) atoms. The van der Waals surface area contributed by atoms with Crippen molar-refractivity contribution in [2.75, 3.05) is 20.3 Å². The van der Waals surface area contributed by atoms with Gasteiger partial charge in [-0.1, -0.05) is 12.6 Å². The Bertz CT molecular complexity index is 358. The van der Waals surface area contributed by atoms with E-state index in [1.54, 1.807) is 7.11 Å². The first-order valence-corrected chi connectivity index (χ1v) is 4.40. The van der Waals surface area contributed by atoms with E-state index < -0.39 is 0 Å². The molecule has 1 aromatic rings. The van der Waals surface area contributed by atoms with Crippen molar-refractivity contribution in [2.24, 2.45) is 0 Å². The zero-order valence-electron chi connectivity index (χ0n) is 8.08. The first-order chi connectivity index (χ1) is 6.81. The predicted octanol–water partition coefficient (Wildman–Crippen LogP) is 2.02. The van der Waals surface area contributed by atoms with Crippen molar-refractivity contribution in [3.8, 4) is 17.2 Å². The van der Waals surface area contributed by atoms with E-state index in [9.17, 15) is 0 Å². The standard InChI is InChI=1S/C11H12O3/c1-8-6-13-10-5-3-4-9(12-2)11(10)14-7-8/h3-5H,1,6-7H2,2H3. The fourth-order valence-corrected chi connectivity index (χ4v) is 1.31. The molecule has 1 heterocycles. The monoisotopic (exact) mass is 192 g/mol. The van der Waals surface area contributed by atoms with Crippen LogP contribution in [0.4, 0.5) is 0 Å². The molecule has 1 aliphatic rings. The molecule has 0 amide bonds. The van der Waals surface area contributed by atoms with Crippen LogP contribution in [0.25, 0.3) is 0 Å². The van der Waals surface area contributed by atoms with Crippen LogP contribution < -0.4 is 14.2 Å². The second-order valence-electron chi connectivity index (χ2n) is 3.11. The lowest BCUT2D eigenvalue weighted by atomic mass is 10.3. The molecule has 3 heteroatoms. The SMILES string of the molecule is C=C1COc2cccc(OC)c2OC1. The molecule has 0 saturated heterocycles. The van der Waals surface area contributed by atoms with Crippen molar-refractivity contribution >= 4 is 0 Å². The van der Waals surface area contributed by atoms with Crippen molar-refractivity contribution < 1.29 is 14.2 Å². The van der Waals surface area contributed by atoms with Crippen LogP contribution in [0.3, 0.4) is 0 Å². The number of hydrogen-bond donors (Lipinski definition) is 0. The van der Waals surface area contributed by atoms with E-state index in [1.165, 1.54) is 0 Å². The van der Waals surface area contributed by atoms with Gasteiger partial charge in [-0.25, -0.2) is 0 Å². The largest absolute Gasteiger partial charge is 0.493 e. The molecular weight excluding hydrogens is 180 g/mol. The summed E-state index contributed by atoms with van der Waals surface area (Å²) in [5, 5.41) is 0. The third-order valence-electron chi connectivity index (χ3n) is 2.02. The molecule has 0 saturated carbocycles. The smallest absolute Gasteiger partial charge is 0.203 e. The van der Waals surface area contributed by atoms with Gasteiger partial charge in [0.1, 0.15) is 13.2 Å². The number of rotatable bonds is 1. The van der Waals surface area contributed by atoms with Crippen molar-refractivity contribution in [2.45, 2.75) is 0 Å². The molecule has 0 radical (unpaired) electrons. The normalized spacial score (nSPS) is 14.8. The molecule has 0 aliphatic carbocycles. The zero-order chi connectivity index (χ0) is 9.97. The molecule has 1 aromatic carbocycles. The van der Waals surface area contributed by atoms with E-state index in [2.05, 4.69) is 6.58 Å². The Balaban J connectivity index is 2.39. The van der Waals surface area contributed by atoms with Crippen molar-refractivity contribution in [1.29, 1.82) is 0 Å². The summed E-state index contributed by atoms with van der Waals surface area (Å²) >= 11 is 0. The molecule has 0 atom stereocenters. The minimum absolute atomic E-state index is 0.480. The van der Waals surface area contributed by atoms with E-state index in [0.29, 0.717) is 30.5 Å². The maximum atomic E-state index is 5.53. The summed E-state index contributed by atoms with van der Waals surface area (Å²) in [4.78, 5) is 0. The molecule has 1 aliphatic heterocycles. The summed E-state index contributed by atoms with van der Waals surface area (Å²) in [6.45, 7) is 4.80. The van der Waals surface area contributed by atoms with Gasteiger partial charge in [-0.05, 0) is 17.7 Å². The van der Waals surface area contributed by atoms with Crippen molar-refractivity contribution in [3.63, 3.8) is 0 Å². The van der Waals surface area contributed by atoms with E-state index in [4.69, 9.17) is 14.2 Å². The van der Waals surface area contributed by atoms with Crippen LogP contribution in [0, 0.1) is 0 Å². The first kappa shape index (κ1) is 8.94. The summed E-state index contributed by atoms with van der Waals surface area (Å²) < 4.78 is 16.2. The minimum Gasteiger partial charge on any atom is -0.493 e. The zero-order valence-corrected chi connectivity index (χ0v) is 8.08. The van der Waals surface area contributed by atoms with Crippen LogP contribution in [0.5, 0.6) is 17.2 Å². The van der Waals surface area contributed by atoms with Gasteiger partial charge in [-0.2, -0.15) is 0 Å². The Morgan fingerprint density at radius 1 is 1.29 bits per heavy atom. The Hall–Kier alpha value is -1.64. The van der Waals surface area contributed by atoms with Crippen molar-refractivity contribution in [1.82, 2.24) is 0 Å². The molecule has 2 rings (SSSR count). The van der Waals surface area contributed by atoms with Gasteiger partial charge in [0.05, 0.1) is 7.11 Å². The van der Waals surface area contributed by atoms with Crippen LogP contribution in [0.2, 0.25) is 0 Å². The number of hydrogen-bond acceptors (Lipinski definition) is 3. The van der Waals surface area contributed by atoms with E-state index in [-0.39, 0.29) is 0 Å². The number of para-hydroxylation sites is 1.